The summed E-state index contributed by atoms with van der Waals surface area (Å²) in [4.78, 5) is 0. The van der Waals surface area contributed by atoms with Crippen LogP contribution in [0, 0.1) is 0 Å². The summed E-state index contributed by atoms with van der Waals surface area (Å²) in [5.41, 5.74) is -1.04. The van der Waals surface area contributed by atoms with Crippen molar-refractivity contribution >= 4 is 20.0 Å². The molecule has 0 aromatic rings. The van der Waals surface area contributed by atoms with E-state index in [1.807, 2.05) is 0 Å². The molecule has 0 amide bonds. The number of sulfonamides is 2. The Balaban J connectivity index is 6.41. The second kappa shape index (κ2) is 4.70. The summed E-state index contributed by atoms with van der Waals surface area (Å²) in [6.07, 6.45) is 0. The Morgan fingerprint density at radius 2 is 0.789 bits per heavy atom. The molecule has 0 rings (SSSR count). The van der Waals surface area contributed by atoms with Crippen LogP contribution < -0.4 is 0 Å². The van der Waals surface area contributed by atoms with Gasteiger partial charge >= 0.3 is 0 Å². The van der Waals surface area contributed by atoms with Gasteiger partial charge in [0.1, 0.15) is 0 Å². The quantitative estimate of drug-likeness (QED) is 0.784. The smallest absolute Gasteiger partial charge is 0.211 e. The van der Waals surface area contributed by atoms with E-state index in [1.165, 1.54) is 41.5 Å². The largest absolute Gasteiger partial charge is 0.232 e. The maximum atomic E-state index is 12.6. The van der Waals surface area contributed by atoms with Crippen molar-refractivity contribution in [3.63, 3.8) is 0 Å². The lowest BCUT2D eigenvalue weighted by Gasteiger charge is -2.41. The van der Waals surface area contributed by atoms with Gasteiger partial charge in [0.05, 0.1) is 9.49 Å². The highest BCUT2D eigenvalue weighted by Crippen LogP contribution is 2.35. The van der Waals surface area contributed by atoms with E-state index in [2.05, 4.69) is 0 Å². The van der Waals surface area contributed by atoms with Gasteiger partial charge in [0.2, 0.25) is 20.0 Å². The van der Waals surface area contributed by atoms with Crippen LogP contribution in [-0.2, 0) is 20.0 Å². The third-order valence-corrected chi connectivity index (χ3v) is 8.77. The highest BCUT2D eigenvalue weighted by atomic mass is 32.3. The highest BCUT2D eigenvalue weighted by Gasteiger charge is 2.51. The molecule has 0 heterocycles. The predicted octanol–water partition coefficient (Wildman–Crippen LogP) is 2.34. The summed E-state index contributed by atoms with van der Waals surface area (Å²) in [5, 5.41) is 0. The zero-order valence-electron chi connectivity index (χ0n) is 13.4. The molecule has 0 saturated carbocycles. The molecule has 0 aliphatic rings. The van der Waals surface area contributed by atoms with Crippen molar-refractivity contribution in [1.29, 1.82) is 0 Å². The molecule has 0 saturated heterocycles. The second-order valence-corrected chi connectivity index (χ2v) is 12.9. The summed E-state index contributed by atoms with van der Waals surface area (Å²) >= 11 is 0. The molecular weight excluding hydrogens is 286 g/mol. The van der Waals surface area contributed by atoms with Crippen LogP contribution in [0.2, 0.25) is 0 Å². The molecule has 0 bridgehead atoms. The molecule has 19 heavy (non-hydrogen) atoms. The van der Waals surface area contributed by atoms with Gasteiger partial charge < -0.3 is 0 Å². The van der Waals surface area contributed by atoms with Crippen molar-refractivity contribution in [1.82, 2.24) is 3.71 Å². The van der Waals surface area contributed by atoms with E-state index in [0.29, 0.717) is 3.71 Å². The van der Waals surface area contributed by atoms with Gasteiger partial charge in [0.25, 0.3) is 0 Å². The van der Waals surface area contributed by atoms with Gasteiger partial charge in [-0.15, -0.1) is 0 Å². The lowest BCUT2D eigenvalue weighted by molar-refractivity contribution is 0.334. The third kappa shape index (κ3) is 3.49. The molecule has 0 aliphatic carbocycles. The van der Waals surface area contributed by atoms with Crippen LogP contribution in [0.15, 0.2) is 0 Å². The van der Waals surface area contributed by atoms with E-state index >= 15 is 0 Å². The molecule has 0 unspecified atom stereocenters. The van der Waals surface area contributed by atoms with E-state index < -0.39 is 35.1 Å². The van der Waals surface area contributed by atoms with Crippen LogP contribution in [0.4, 0.5) is 0 Å². The van der Waals surface area contributed by atoms with Gasteiger partial charge in [0.15, 0.2) is 0 Å². The fourth-order valence-corrected chi connectivity index (χ4v) is 6.16. The van der Waals surface area contributed by atoms with Gasteiger partial charge in [-0.3, -0.25) is 0 Å². The first-order chi connectivity index (χ1) is 7.87. The van der Waals surface area contributed by atoms with Crippen LogP contribution in [0.25, 0.3) is 0 Å². The van der Waals surface area contributed by atoms with Crippen molar-refractivity contribution in [2.24, 2.45) is 0 Å². The maximum Gasteiger partial charge on any atom is 0.232 e. The Morgan fingerprint density at radius 1 is 0.579 bits per heavy atom. The minimum Gasteiger partial charge on any atom is -0.211 e. The number of hydrogen-bond acceptors (Lipinski definition) is 4. The molecule has 0 atom stereocenters. The summed E-state index contributed by atoms with van der Waals surface area (Å²) in [5.74, 6) is 0. The van der Waals surface area contributed by atoms with Crippen LogP contribution >= 0.6 is 0 Å². The molecule has 0 aromatic carbocycles. The minimum atomic E-state index is -3.99. The topological polar surface area (TPSA) is 71.5 Å². The number of rotatable bonds is 2. The summed E-state index contributed by atoms with van der Waals surface area (Å²) in [7, 11) is -7.98. The standard InChI is InChI=1S/C12H27NO4S2/c1-10(2,3)13(18(14,15)11(4,5)6)19(16,17)12(7,8)9/h1-9H3. The Kier molecular flexibility index (Phi) is 4.67. The van der Waals surface area contributed by atoms with E-state index in [9.17, 15) is 16.8 Å². The monoisotopic (exact) mass is 313 g/mol. The molecule has 0 N–H and O–H groups in total. The molecule has 5 nitrogen and oxygen atoms in total. The van der Waals surface area contributed by atoms with Crippen molar-refractivity contribution in [2.75, 3.05) is 0 Å². The molecule has 7 heteroatoms. The lowest BCUT2D eigenvalue weighted by atomic mass is 10.1. The zero-order valence-corrected chi connectivity index (χ0v) is 15.0. The van der Waals surface area contributed by atoms with Crippen LogP contribution in [-0.4, -0.2) is 35.6 Å². The summed E-state index contributed by atoms with van der Waals surface area (Å²) in [6.45, 7) is 13.7. The Hall–Kier alpha value is -0.140. The average molecular weight is 313 g/mol. The fraction of sp³-hybridized carbons (Fsp3) is 1.00. The first-order valence-corrected chi connectivity index (χ1v) is 9.04. The normalized spacial score (nSPS) is 15.9. The maximum absolute atomic E-state index is 12.6. The van der Waals surface area contributed by atoms with E-state index in [0.717, 1.165) is 0 Å². The van der Waals surface area contributed by atoms with Crippen molar-refractivity contribution in [2.45, 2.75) is 77.3 Å². The minimum absolute atomic E-state index is 0.674. The highest BCUT2D eigenvalue weighted by molar-refractivity contribution is 8.05. The Labute approximate surface area is 118 Å². The summed E-state index contributed by atoms with van der Waals surface area (Å²) < 4.78 is 48.9. The van der Waals surface area contributed by atoms with E-state index in [-0.39, 0.29) is 0 Å². The molecule has 116 valence electrons. The van der Waals surface area contributed by atoms with Gasteiger partial charge in [-0.2, -0.15) is 0 Å². The lowest BCUT2D eigenvalue weighted by Crippen LogP contribution is -2.58. The van der Waals surface area contributed by atoms with Gasteiger partial charge in [-0.25, -0.2) is 16.8 Å². The van der Waals surface area contributed by atoms with Crippen LogP contribution in [0.3, 0.4) is 0 Å². The number of hydrogen-bond donors (Lipinski definition) is 0. The molecular formula is C12H27NO4S2. The SMILES string of the molecule is CC(C)(C)N(S(=O)(=O)C(C)(C)C)S(=O)(=O)C(C)(C)C. The predicted molar refractivity (Wildman–Crippen MR) is 78.9 cm³/mol. The van der Waals surface area contributed by atoms with Gasteiger partial charge in [-0.05, 0) is 62.3 Å². The van der Waals surface area contributed by atoms with E-state index in [1.54, 1.807) is 20.8 Å². The van der Waals surface area contributed by atoms with Crippen molar-refractivity contribution in [3.8, 4) is 0 Å². The van der Waals surface area contributed by atoms with Crippen molar-refractivity contribution in [3.05, 3.63) is 0 Å². The van der Waals surface area contributed by atoms with E-state index in [4.69, 9.17) is 0 Å². The molecule has 0 aromatic heterocycles. The van der Waals surface area contributed by atoms with Crippen molar-refractivity contribution < 1.29 is 16.8 Å². The second-order valence-electron chi connectivity index (χ2n) is 7.60. The number of nitrogens with zero attached hydrogens (tertiary/aromatic N) is 1. The Bertz CT molecular complexity index is 482. The molecule has 0 fully saturated rings. The zero-order chi connectivity index (χ0) is 16.1. The molecule has 0 aliphatic heterocycles. The Morgan fingerprint density at radius 3 is 0.895 bits per heavy atom. The van der Waals surface area contributed by atoms with Crippen LogP contribution in [0.5, 0.6) is 0 Å². The third-order valence-electron chi connectivity index (χ3n) is 2.53. The van der Waals surface area contributed by atoms with Gasteiger partial charge in [-0.1, -0.05) is 3.71 Å². The molecule has 0 spiro atoms. The van der Waals surface area contributed by atoms with Crippen LogP contribution in [0.1, 0.15) is 62.3 Å². The first kappa shape index (κ1) is 18.9. The summed E-state index contributed by atoms with van der Waals surface area (Å²) in [6, 6.07) is 0. The average Bonchev–Trinajstić information content (AvgIpc) is 1.93. The molecule has 0 radical (unpaired) electrons. The fourth-order valence-electron chi connectivity index (χ4n) is 1.35. The van der Waals surface area contributed by atoms with Gasteiger partial charge in [0, 0.05) is 5.54 Å². The first-order valence-electron chi connectivity index (χ1n) is 6.16.